The van der Waals surface area contributed by atoms with Gasteiger partial charge >= 0.3 is 0 Å². The predicted molar refractivity (Wildman–Crippen MR) is 55.1 cm³/mol. The van der Waals surface area contributed by atoms with Crippen molar-refractivity contribution in [1.29, 1.82) is 0 Å². The molecule has 0 aliphatic carbocycles. The van der Waals surface area contributed by atoms with Crippen LogP contribution in [0.4, 0.5) is 0 Å². The summed E-state index contributed by atoms with van der Waals surface area (Å²) in [5, 5.41) is 20.2. The molecule has 0 saturated carbocycles. The van der Waals surface area contributed by atoms with Gasteiger partial charge in [-0.3, -0.25) is 0 Å². The van der Waals surface area contributed by atoms with Crippen molar-refractivity contribution in [3.8, 4) is 0 Å². The smallest absolute Gasteiger partial charge is 0.0903 e. The average molecular weight is 202 g/mol. The van der Waals surface area contributed by atoms with Crippen LogP contribution in [0.2, 0.25) is 0 Å². The molecule has 1 saturated heterocycles. The van der Waals surface area contributed by atoms with Gasteiger partial charge in [0.05, 0.1) is 18.3 Å². The third-order valence-corrected chi connectivity index (χ3v) is 3.42. The third-order valence-electron chi connectivity index (χ3n) is 3.42. The Morgan fingerprint density at radius 3 is 2.50 bits per heavy atom. The van der Waals surface area contributed by atoms with Crippen LogP contribution in [-0.2, 0) is 4.74 Å². The number of aliphatic hydroxyl groups excluding tert-OH is 1. The Bertz CT molecular complexity index is 160. The van der Waals surface area contributed by atoms with E-state index in [0.717, 1.165) is 19.4 Å². The zero-order chi connectivity index (χ0) is 10.6. The number of hydrogen-bond donors (Lipinski definition) is 2. The largest absolute Gasteiger partial charge is 0.390 e. The van der Waals surface area contributed by atoms with Crippen LogP contribution in [0.25, 0.3) is 0 Å². The van der Waals surface area contributed by atoms with Crippen LogP contribution in [0.5, 0.6) is 0 Å². The summed E-state index contributed by atoms with van der Waals surface area (Å²) in [6.07, 6.45) is 2.51. The van der Waals surface area contributed by atoms with Crippen molar-refractivity contribution in [3.05, 3.63) is 0 Å². The summed E-state index contributed by atoms with van der Waals surface area (Å²) < 4.78 is 5.32. The van der Waals surface area contributed by atoms with Gasteiger partial charge in [-0.05, 0) is 25.7 Å². The van der Waals surface area contributed by atoms with Crippen molar-refractivity contribution in [1.82, 2.24) is 0 Å². The Kier molecular flexibility index (Phi) is 4.35. The Labute approximate surface area is 86.1 Å². The molecule has 2 unspecified atom stereocenters. The fourth-order valence-corrected chi connectivity index (χ4v) is 2.12. The maximum atomic E-state index is 10.1. The highest BCUT2D eigenvalue weighted by Gasteiger charge is 2.38. The van der Waals surface area contributed by atoms with E-state index in [1.165, 1.54) is 0 Å². The predicted octanol–water partition coefficient (Wildman–Crippen LogP) is 1.32. The van der Waals surface area contributed by atoms with E-state index in [1.54, 1.807) is 0 Å². The Balaban J connectivity index is 2.56. The minimum Gasteiger partial charge on any atom is -0.390 e. The molecule has 1 aliphatic rings. The van der Waals surface area contributed by atoms with Crippen LogP contribution < -0.4 is 0 Å². The van der Waals surface area contributed by atoms with Crippen molar-refractivity contribution in [2.24, 2.45) is 5.92 Å². The zero-order valence-electron chi connectivity index (χ0n) is 9.20. The lowest BCUT2D eigenvalue weighted by atomic mass is 9.81. The topological polar surface area (TPSA) is 49.7 Å². The van der Waals surface area contributed by atoms with Gasteiger partial charge in [0, 0.05) is 12.5 Å². The van der Waals surface area contributed by atoms with Crippen LogP contribution in [0, 0.1) is 5.92 Å². The molecule has 0 aromatic carbocycles. The van der Waals surface area contributed by atoms with Crippen molar-refractivity contribution in [3.63, 3.8) is 0 Å². The monoisotopic (exact) mass is 202 g/mol. The average Bonchev–Trinajstić information content (AvgIpc) is 2.28. The molecule has 1 aliphatic heterocycles. The molecule has 2 atom stereocenters. The second-order valence-electron chi connectivity index (χ2n) is 4.23. The lowest BCUT2D eigenvalue weighted by Gasteiger charge is -2.37. The van der Waals surface area contributed by atoms with Gasteiger partial charge in [-0.25, -0.2) is 0 Å². The number of hydrogen-bond acceptors (Lipinski definition) is 3. The third kappa shape index (κ3) is 2.47. The first kappa shape index (κ1) is 12.0. The molecule has 0 aromatic heterocycles. The summed E-state index contributed by atoms with van der Waals surface area (Å²) in [7, 11) is 0. The van der Waals surface area contributed by atoms with Gasteiger partial charge in [0.1, 0.15) is 0 Å². The first-order valence-corrected chi connectivity index (χ1v) is 5.62. The van der Waals surface area contributed by atoms with Crippen molar-refractivity contribution in [2.75, 3.05) is 13.2 Å². The number of rotatable bonds is 4. The Morgan fingerprint density at radius 2 is 2.07 bits per heavy atom. The molecule has 0 spiro atoms. The van der Waals surface area contributed by atoms with Gasteiger partial charge in [0.25, 0.3) is 0 Å². The standard InChI is InChI=1S/C11H22O3/c1-3-11(13,4-2)10(12)9-6-5-7-14-8-9/h9-10,12-13H,3-8H2,1-2H3. The van der Waals surface area contributed by atoms with E-state index in [-0.39, 0.29) is 5.92 Å². The number of ether oxygens (including phenoxy) is 1. The first-order valence-electron chi connectivity index (χ1n) is 5.62. The highest BCUT2D eigenvalue weighted by atomic mass is 16.5. The van der Waals surface area contributed by atoms with E-state index in [1.807, 2.05) is 13.8 Å². The molecule has 3 heteroatoms. The van der Waals surface area contributed by atoms with Crippen LogP contribution >= 0.6 is 0 Å². The summed E-state index contributed by atoms with van der Waals surface area (Å²) in [5.74, 6) is 0.105. The van der Waals surface area contributed by atoms with E-state index in [0.29, 0.717) is 19.4 Å². The maximum absolute atomic E-state index is 10.1. The summed E-state index contributed by atoms with van der Waals surface area (Å²) in [6.45, 7) is 5.20. The minimum atomic E-state index is -0.925. The van der Waals surface area contributed by atoms with Crippen LogP contribution in [0.15, 0.2) is 0 Å². The van der Waals surface area contributed by atoms with Gasteiger partial charge in [-0.1, -0.05) is 13.8 Å². The molecule has 14 heavy (non-hydrogen) atoms. The molecule has 0 amide bonds. The molecule has 1 rings (SSSR count). The SMILES string of the molecule is CCC(O)(CC)C(O)C1CCCOC1. The van der Waals surface area contributed by atoms with Crippen molar-refractivity contribution < 1.29 is 14.9 Å². The van der Waals surface area contributed by atoms with Gasteiger partial charge in [-0.15, -0.1) is 0 Å². The highest BCUT2D eigenvalue weighted by Crippen LogP contribution is 2.29. The van der Waals surface area contributed by atoms with E-state index in [9.17, 15) is 10.2 Å². The molecular formula is C11H22O3. The Hall–Kier alpha value is -0.120. The van der Waals surface area contributed by atoms with E-state index in [2.05, 4.69) is 0 Å². The Morgan fingerprint density at radius 1 is 1.43 bits per heavy atom. The maximum Gasteiger partial charge on any atom is 0.0903 e. The molecule has 3 nitrogen and oxygen atoms in total. The molecular weight excluding hydrogens is 180 g/mol. The molecule has 84 valence electrons. The van der Waals surface area contributed by atoms with Crippen molar-refractivity contribution >= 4 is 0 Å². The second-order valence-corrected chi connectivity index (χ2v) is 4.23. The molecule has 0 bridgehead atoms. The van der Waals surface area contributed by atoms with Crippen LogP contribution in [0.1, 0.15) is 39.5 Å². The molecule has 2 N–H and O–H groups in total. The molecule has 0 radical (unpaired) electrons. The van der Waals surface area contributed by atoms with Gasteiger partial charge in [0.15, 0.2) is 0 Å². The lowest BCUT2D eigenvalue weighted by Crippen LogP contribution is -2.48. The van der Waals surface area contributed by atoms with Gasteiger partial charge < -0.3 is 14.9 Å². The second kappa shape index (κ2) is 5.10. The van der Waals surface area contributed by atoms with Crippen LogP contribution in [0.3, 0.4) is 0 Å². The lowest BCUT2D eigenvalue weighted by molar-refractivity contribution is -0.128. The highest BCUT2D eigenvalue weighted by molar-refractivity contribution is 4.89. The summed E-state index contributed by atoms with van der Waals surface area (Å²) in [6, 6.07) is 0. The zero-order valence-corrected chi connectivity index (χ0v) is 9.20. The quantitative estimate of drug-likeness (QED) is 0.723. The van der Waals surface area contributed by atoms with E-state index in [4.69, 9.17) is 4.74 Å². The minimum absolute atomic E-state index is 0.105. The fourth-order valence-electron chi connectivity index (χ4n) is 2.12. The summed E-state index contributed by atoms with van der Waals surface area (Å²) in [5.41, 5.74) is -0.925. The molecule has 1 heterocycles. The number of aliphatic hydroxyl groups is 2. The van der Waals surface area contributed by atoms with Gasteiger partial charge in [-0.2, -0.15) is 0 Å². The molecule has 0 aromatic rings. The first-order chi connectivity index (χ1) is 6.64. The van der Waals surface area contributed by atoms with E-state index < -0.39 is 11.7 Å². The normalized spacial score (nSPS) is 26.1. The van der Waals surface area contributed by atoms with Crippen molar-refractivity contribution in [2.45, 2.75) is 51.2 Å². The summed E-state index contributed by atoms with van der Waals surface area (Å²) in [4.78, 5) is 0. The molecule has 1 fully saturated rings. The van der Waals surface area contributed by atoms with Gasteiger partial charge in [0.2, 0.25) is 0 Å². The van der Waals surface area contributed by atoms with Crippen LogP contribution in [-0.4, -0.2) is 35.1 Å². The van der Waals surface area contributed by atoms with E-state index >= 15 is 0 Å². The summed E-state index contributed by atoms with van der Waals surface area (Å²) >= 11 is 0. The fraction of sp³-hybridized carbons (Fsp3) is 1.00.